The molecule has 0 aromatic carbocycles. The molecule has 1 saturated heterocycles. The highest BCUT2D eigenvalue weighted by Crippen LogP contribution is 2.14. The van der Waals surface area contributed by atoms with E-state index in [1.165, 1.54) is 12.8 Å². The van der Waals surface area contributed by atoms with Crippen molar-refractivity contribution in [1.29, 1.82) is 0 Å². The van der Waals surface area contributed by atoms with Crippen LogP contribution in [-0.4, -0.2) is 40.2 Å². The van der Waals surface area contributed by atoms with Crippen molar-refractivity contribution in [2.75, 3.05) is 18.0 Å². The molecule has 0 radical (unpaired) electrons. The fraction of sp³-hybridized carbons (Fsp3) is 0.583. The Morgan fingerprint density at radius 3 is 2.61 bits per heavy atom. The van der Waals surface area contributed by atoms with Crippen LogP contribution in [0.25, 0.3) is 0 Å². The van der Waals surface area contributed by atoms with Crippen LogP contribution in [0.15, 0.2) is 12.4 Å². The fourth-order valence-electron chi connectivity index (χ4n) is 1.88. The van der Waals surface area contributed by atoms with E-state index in [1.807, 2.05) is 0 Å². The maximum Gasteiger partial charge on any atom is 0.320 e. The minimum absolute atomic E-state index is 0.466. The first kappa shape index (κ1) is 12.8. The largest absolute Gasteiger partial charge is 0.480 e. The van der Waals surface area contributed by atoms with Gasteiger partial charge in [0.2, 0.25) is 5.95 Å². The maximum atomic E-state index is 10.6. The molecule has 0 amide bonds. The molecule has 1 aliphatic rings. The van der Waals surface area contributed by atoms with Crippen LogP contribution in [0.5, 0.6) is 0 Å². The molecule has 0 saturated carbocycles. The number of anilines is 1. The number of carboxylic acids is 1. The van der Waals surface area contributed by atoms with Gasteiger partial charge in [-0.25, -0.2) is 9.97 Å². The number of nitrogens with one attached hydrogen (secondary N) is 1. The molecule has 1 aromatic rings. The fourth-order valence-corrected chi connectivity index (χ4v) is 1.88. The number of hydrogen-bond donors (Lipinski definition) is 2. The van der Waals surface area contributed by atoms with Crippen molar-refractivity contribution in [3.8, 4) is 0 Å². The molecule has 1 unspecified atom stereocenters. The molecule has 1 aliphatic heterocycles. The first-order valence-corrected chi connectivity index (χ1v) is 6.19. The normalized spacial score (nSPS) is 16.8. The van der Waals surface area contributed by atoms with E-state index in [0.717, 1.165) is 24.6 Å². The molecular formula is C12H18N4O2. The lowest BCUT2D eigenvalue weighted by atomic mass is 10.3. The summed E-state index contributed by atoms with van der Waals surface area (Å²) in [6, 6.07) is -0.566. The molecular weight excluding hydrogens is 232 g/mol. The summed E-state index contributed by atoms with van der Waals surface area (Å²) in [6.45, 7) is 4.12. The molecule has 6 heteroatoms. The molecule has 98 valence electrons. The number of nitrogens with zero attached hydrogens (tertiary/aromatic N) is 3. The minimum atomic E-state index is -0.857. The van der Waals surface area contributed by atoms with Gasteiger partial charge in [-0.05, 0) is 19.8 Å². The Hall–Kier alpha value is -1.69. The van der Waals surface area contributed by atoms with Crippen molar-refractivity contribution < 1.29 is 9.90 Å². The van der Waals surface area contributed by atoms with Crippen molar-refractivity contribution in [1.82, 2.24) is 15.3 Å². The van der Waals surface area contributed by atoms with Crippen LogP contribution >= 0.6 is 0 Å². The average molecular weight is 250 g/mol. The first-order chi connectivity index (χ1) is 8.66. The average Bonchev–Trinajstić information content (AvgIpc) is 2.90. The Morgan fingerprint density at radius 2 is 2.06 bits per heavy atom. The SMILES string of the molecule is CC(NCc1cnc(N2CCCC2)nc1)C(=O)O. The van der Waals surface area contributed by atoms with Gasteiger partial charge in [-0.2, -0.15) is 0 Å². The van der Waals surface area contributed by atoms with E-state index in [9.17, 15) is 4.79 Å². The summed E-state index contributed by atoms with van der Waals surface area (Å²) in [4.78, 5) is 21.4. The second-order valence-corrected chi connectivity index (χ2v) is 4.53. The lowest BCUT2D eigenvalue weighted by molar-refractivity contribution is -0.139. The summed E-state index contributed by atoms with van der Waals surface area (Å²) in [7, 11) is 0. The van der Waals surface area contributed by atoms with E-state index in [0.29, 0.717) is 6.54 Å². The third-order valence-corrected chi connectivity index (χ3v) is 3.06. The second kappa shape index (κ2) is 5.77. The molecule has 0 spiro atoms. The van der Waals surface area contributed by atoms with Gasteiger partial charge >= 0.3 is 5.97 Å². The van der Waals surface area contributed by atoms with Crippen molar-refractivity contribution in [3.63, 3.8) is 0 Å². The lowest BCUT2D eigenvalue weighted by Gasteiger charge is -2.15. The van der Waals surface area contributed by atoms with Crippen LogP contribution in [-0.2, 0) is 11.3 Å². The summed E-state index contributed by atoms with van der Waals surface area (Å²) in [5, 5.41) is 11.6. The predicted octanol–water partition coefficient (Wildman–Crippen LogP) is 0.639. The van der Waals surface area contributed by atoms with Gasteiger partial charge in [0.25, 0.3) is 0 Å². The molecule has 1 fully saturated rings. The Labute approximate surface area is 106 Å². The van der Waals surface area contributed by atoms with E-state index in [2.05, 4.69) is 20.2 Å². The Kier molecular flexibility index (Phi) is 4.09. The summed E-state index contributed by atoms with van der Waals surface area (Å²) < 4.78 is 0. The first-order valence-electron chi connectivity index (χ1n) is 6.19. The van der Waals surface area contributed by atoms with E-state index in [-0.39, 0.29) is 0 Å². The number of hydrogen-bond acceptors (Lipinski definition) is 5. The number of carbonyl (C=O) groups is 1. The zero-order valence-electron chi connectivity index (χ0n) is 10.5. The molecule has 2 N–H and O–H groups in total. The third kappa shape index (κ3) is 3.16. The summed E-state index contributed by atoms with van der Waals surface area (Å²) >= 11 is 0. The molecule has 1 atom stereocenters. The topological polar surface area (TPSA) is 78.4 Å². The van der Waals surface area contributed by atoms with Gasteiger partial charge in [-0.15, -0.1) is 0 Å². The van der Waals surface area contributed by atoms with E-state index in [1.54, 1.807) is 19.3 Å². The molecule has 0 aliphatic carbocycles. The number of carboxylic acid groups (broad SMARTS) is 1. The lowest BCUT2D eigenvalue weighted by Crippen LogP contribution is -2.33. The van der Waals surface area contributed by atoms with E-state index >= 15 is 0 Å². The Morgan fingerprint density at radius 1 is 1.44 bits per heavy atom. The van der Waals surface area contributed by atoms with Crippen molar-refractivity contribution in [3.05, 3.63) is 18.0 Å². The summed E-state index contributed by atoms with van der Waals surface area (Å²) in [5.74, 6) is -0.0906. The van der Waals surface area contributed by atoms with Crippen LogP contribution in [0.2, 0.25) is 0 Å². The van der Waals surface area contributed by atoms with Crippen LogP contribution in [0.4, 0.5) is 5.95 Å². The van der Waals surface area contributed by atoms with E-state index in [4.69, 9.17) is 5.11 Å². The molecule has 6 nitrogen and oxygen atoms in total. The van der Waals surface area contributed by atoms with Crippen molar-refractivity contribution in [2.45, 2.75) is 32.4 Å². The summed E-state index contributed by atoms with van der Waals surface area (Å²) in [6.07, 6.45) is 5.90. The van der Waals surface area contributed by atoms with Gasteiger partial charge in [0.15, 0.2) is 0 Å². The number of aromatic nitrogens is 2. The standard InChI is InChI=1S/C12H18N4O2/c1-9(11(17)18)13-6-10-7-14-12(15-8-10)16-4-2-3-5-16/h7-9,13H,2-6H2,1H3,(H,17,18). The highest BCUT2D eigenvalue weighted by Gasteiger charge is 2.14. The molecule has 1 aromatic heterocycles. The van der Waals surface area contributed by atoms with Gasteiger partial charge in [0, 0.05) is 37.6 Å². The molecule has 2 heterocycles. The van der Waals surface area contributed by atoms with Gasteiger partial charge in [0.1, 0.15) is 6.04 Å². The van der Waals surface area contributed by atoms with Crippen LogP contribution in [0.1, 0.15) is 25.3 Å². The Balaban J connectivity index is 1.89. The van der Waals surface area contributed by atoms with Crippen molar-refractivity contribution in [2.24, 2.45) is 0 Å². The van der Waals surface area contributed by atoms with Gasteiger partial charge in [-0.3, -0.25) is 4.79 Å². The van der Waals surface area contributed by atoms with Crippen LogP contribution in [0, 0.1) is 0 Å². The minimum Gasteiger partial charge on any atom is -0.480 e. The van der Waals surface area contributed by atoms with Crippen molar-refractivity contribution >= 4 is 11.9 Å². The molecule has 2 rings (SSSR count). The van der Waals surface area contributed by atoms with E-state index < -0.39 is 12.0 Å². The maximum absolute atomic E-state index is 10.6. The smallest absolute Gasteiger partial charge is 0.320 e. The van der Waals surface area contributed by atoms with Gasteiger partial charge in [0.05, 0.1) is 0 Å². The molecule has 18 heavy (non-hydrogen) atoms. The number of rotatable bonds is 5. The molecule has 0 bridgehead atoms. The van der Waals surface area contributed by atoms with Gasteiger partial charge in [-0.1, -0.05) is 0 Å². The third-order valence-electron chi connectivity index (χ3n) is 3.06. The zero-order chi connectivity index (χ0) is 13.0. The van der Waals surface area contributed by atoms with Gasteiger partial charge < -0.3 is 15.3 Å². The van der Waals surface area contributed by atoms with Crippen LogP contribution in [0.3, 0.4) is 0 Å². The number of aliphatic carboxylic acids is 1. The van der Waals surface area contributed by atoms with Crippen LogP contribution < -0.4 is 10.2 Å². The zero-order valence-corrected chi connectivity index (χ0v) is 10.5. The summed E-state index contributed by atoms with van der Waals surface area (Å²) in [5.41, 5.74) is 0.894. The second-order valence-electron chi connectivity index (χ2n) is 4.53. The highest BCUT2D eigenvalue weighted by molar-refractivity contribution is 5.72. The predicted molar refractivity (Wildman–Crippen MR) is 67.4 cm³/mol. The Bertz CT molecular complexity index is 401. The highest BCUT2D eigenvalue weighted by atomic mass is 16.4. The monoisotopic (exact) mass is 250 g/mol. The quantitative estimate of drug-likeness (QED) is 0.798.